The van der Waals surface area contributed by atoms with Crippen molar-refractivity contribution in [2.75, 3.05) is 13.7 Å². The summed E-state index contributed by atoms with van der Waals surface area (Å²) in [6, 6.07) is 17.3. The molecule has 4 rings (SSSR count). The summed E-state index contributed by atoms with van der Waals surface area (Å²) in [5, 5.41) is 7.61. The first kappa shape index (κ1) is 20.3. The van der Waals surface area contributed by atoms with E-state index in [0.717, 1.165) is 17.0 Å². The van der Waals surface area contributed by atoms with Gasteiger partial charge < -0.3 is 10.1 Å². The number of nitrogens with one attached hydrogen (secondary N) is 1. The van der Waals surface area contributed by atoms with Crippen LogP contribution in [-0.2, 0) is 17.8 Å². The minimum atomic E-state index is -0.212. The first-order valence-electron chi connectivity index (χ1n) is 10.0. The predicted octanol–water partition coefficient (Wildman–Crippen LogP) is 2.34. The highest BCUT2D eigenvalue weighted by molar-refractivity contribution is 5.76. The first-order chi connectivity index (χ1) is 15.2. The minimum absolute atomic E-state index is 0.116. The Bertz CT molecular complexity index is 1250. The molecule has 0 radical (unpaired) electrons. The normalized spacial score (nSPS) is 10.9. The maximum Gasteiger partial charge on any atom is 0.264 e. The number of hydrogen-bond acceptors (Lipinski definition) is 5. The zero-order valence-electron chi connectivity index (χ0n) is 17.2. The van der Waals surface area contributed by atoms with Gasteiger partial charge in [-0.1, -0.05) is 30.3 Å². The molecule has 0 fully saturated rings. The number of benzene rings is 2. The van der Waals surface area contributed by atoms with E-state index in [-0.39, 0.29) is 24.4 Å². The number of carbonyl (C=O) groups excluding carboxylic acids is 1. The van der Waals surface area contributed by atoms with Gasteiger partial charge >= 0.3 is 0 Å². The van der Waals surface area contributed by atoms with Crippen LogP contribution in [0.2, 0.25) is 0 Å². The molecule has 1 N–H and O–H groups in total. The third kappa shape index (κ3) is 4.63. The van der Waals surface area contributed by atoms with Crippen molar-refractivity contribution < 1.29 is 9.53 Å². The van der Waals surface area contributed by atoms with Crippen LogP contribution in [0.25, 0.3) is 16.7 Å². The van der Waals surface area contributed by atoms with Gasteiger partial charge in [-0.05, 0) is 36.2 Å². The summed E-state index contributed by atoms with van der Waals surface area (Å²) < 4.78 is 8.28. The van der Waals surface area contributed by atoms with Crippen LogP contribution in [-0.4, -0.2) is 38.9 Å². The Labute approximate surface area is 179 Å². The number of methoxy groups -OCH3 is 1. The molecule has 2 aromatic carbocycles. The lowest BCUT2D eigenvalue weighted by Gasteiger charge is -2.08. The van der Waals surface area contributed by atoms with Crippen molar-refractivity contribution in [2.24, 2.45) is 0 Å². The quantitative estimate of drug-likeness (QED) is 0.475. The molecule has 0 aliphatic rings. The SMILES string of the molecule is COc1cccc(CCNC(=O)CCn2cnc3c(cnn3-c3ccccc3)c2=O)c1. The van der Waals surface area contributed by atoms with Crippen molar-refractivity contribution >= 4 is 16.9 Å². The molecular weight excluding hydrogens is 394 g/mol. The molecule has 4 aromatic rings. The Morgan fingerprint density at radius 3 is 2.77 bits per heavy atom. The van der Waals surface area contributed by atoms with E-state index in [1.807, 2.05) is 54.6 Å². The van der Waals surface area contributed by atoms with E-state index in [0.29, 0.717) is 24.0 Å². The fourth-order valence-corrected chi connectivity index (χ4v) is 3.35. The maximum atomic E-state index is 12.8. The third-order valence-electron chi connectivity index (χ3n) is 5.01. The summed E-state index contributed by atoms with van der Waals surface area (Å²) in [5.41, 5.74) is 2.20. The van der Waals surface area contributed by atoms with Gasteiger partial charge in [0.1, 0.15) is 11.1 Å². The van der Waals surface area contributed by atoms with E-state index in [9.17, 15) is 9.59 Å². The average Bonchev–Trinajstić information content (AvgIpc) is 3.24. The summed E-state index contributed by atoms with van der Waals surface area (Å²) in [6.07, 6.45) is 3.88. The highest BCUT2D eigenvalue weighted by atomic mass is 16.5. The molecule has 1 amide bonds. The van der Waals surface area contributed by atoms with E-state index < -0.39 is 0 Å². The van der Waals surface area contributed by atoms with Crippen LogP contribution in [0.15, 0.2) is 71.9 Å². The van der Waals surface area contributed by atoms with Gasteiger partial charge in [-0.3, -0.25) is 14.2 Å². The van der Waals surface area contributed by atoms with Crippen LogP contribution >= 0.6 is 0 Å². The van der Waals surface area contributed by atoms with Crippen LogP contribution in [0.5, 0.6) is 5.75 Å². The Kier molecular flexibility index (Phi) is 6.07. The standard InChI is InChI=1S/C23H23N5O3/c1-31-19-9-5-6-17(14-19)10-12-24-21(29)11-13-27-16-25-22-20(23(27)30)15-26-28(22)18-7-3-2-4-8-18/h2-9,14-16H,10-13H2,1H3,(H,24,29). The topological polar surface area (TPSA) is 91.0 Å². The van der Waals surface area contributed by atoms with Crippen molar-refractivity contribution in [1.82, 2.24) is 24.6 Å². The number of para-hydroxylation sites is 1. The fourth-order valence-electron chi connectivity index (χ4n) is 3.35. The van der Waals surface area contributed by atoms with Crippen molar-refractivity contribution in [3.63, 3.8) is 0 Å². The van der Waals surface area contributed by atoms with Gasteiger partial charge in [-0.25, -0.2) is 9.67 Å². The van der Waals surface area contributed by atoms with Crippen molar-refractivity contribution in [3.05, 3.63) is 83.0 Å². The number of aromatic nitrogens is 4. The maximum absolute atomic E-state index is 12.8. The highest BCUT2D eigenvalue weighted by Gasteiger charge is 2.12. The molecule has 31 heavy (non-hydrogen) atoms. The van der Waals surface area contributed by atoms with Crippen molar-refractivity contribution in [3.8, 4) is 11.4 Å². The number of hydrogen-bond donors (Lipinski definition) is 1. The van der Waals surface area contributed by atoms with Crippen LogP contribution in [0, 0.1) is 0 Å². The van der Waals surface area contributed by atoms with E-state index in [2.05, 4.69) is 15.4 Å². The van der Waals surface area contributed by atoms with Gasteiger partial charge in [0, 0.05) is 19.5 Å². The summed E-state index contributed by atoms with van der Waals surface area (Å²) in [4.78, 5) is 29.4. The van der Waals surface area contributed by atoms with Crippen molar-refractivity contribution in [2.45, 2.75) is 19.4 Å². The summed E-state index contributed by atoms with van der Waals surface area (Å²) in [6.45, 7) is 0.769. The average molecular weight is 417 g/mol. The molecule has 8 nitrogen and oxygen atoms in total. The van der Waals surface area contributed by atoms with Crippen LogP contribution < -0.4 is 15.6 Å². The second-order valence-electron chi connectivity index (χ2n) is 7.07. The van der Waals surface area contributed by atoms with Gasteiger partial charge in [0.2, 0.25) is 5.91 Å². The highest BCUT2D eigenvalue weighted by Crippen LogP contribution is 2.13. The monoisotopic (exact) mass is 417 g/mol. The van der Waals surface area contributed by atoms with E-state index in [1.54, 1.807) is 11.8 Å². The van der Waals surface area contributed by atoms with Crippen LogP contribution in [0.1, 0.15) is 12.0 Å². The van der Waals surface area contributed by atoms with E-state index in [1.165, 1.54) is 17.1 Å². The summed E-state index contributed by atoms with van der Waals surface area (Å²) in [7, 11) is 1.63. The van der Waals surface area contributed by atoms with Crippen molar-refractivity contribution in [1.29, 1.82) is 0 Å². The number of carbonyl (C=O) groups is 1. The molecule has 0 saturated carbocycles. The molecule has 0 spiro atoms. The number of fused-ring (bicyclic) bond motifs is 1. The molecule has 0 saturated heterocycles. The first-order valence-corrected chi connectivity index (χ1v) is 10.0. The molecule has 2 aromatic heterocycles. The van der Waals surface area contributed by atoms with Crippen LogP contribution in [0.3, 0.4) is 0 Å². The summed E-state index contributed by atoms with van der Waals surface area (Å²) in [5.74, 6) is 0.677. The summed E-state index contributed by atoms with van der Waals surface area (Å²) >= 11 is 0. The number of ether oxygens (including phenoxy) is 1. The molecule has 2 heterocycles. The van der Waals surface area contributed by atoms with Gasteiger partial charge in [0.15, 0.2) is 5.65 Å². The van der Waals surface area contributed by atoms with E-state index in [4.69, 9.17) is 4.74 Å². The Morgan fingerprint density at radius 1 is 1.13 bits per heavy atom. The number of amides is 1. The largest absolute Gasteiger partial charge is 0.497 e. The second kappa shape index (κ2) is 9.25. The van der Waals surface area contributed by atoms with Gasteiger partial charge in [0.25, 0.3) is 5.56 Å². The smallest absolute Gasteiger partial charge is 0.264 e. The zero-order valence-corrected chi connectivity index (χ0v) is 17.2. The van der Waals surface area contributed by atoms with Gasteiger partial charge in [-0.2, -0.15) is 5.10 Å². The Morgan fingerprint density at radius 2 is 1.97 bits per heavy atom. The zero-order chi connectivity index (χ0) is 21.6. The lowest BCUT2D eigenvalue weighted by atomic mass is 10.1. The van der Waals surface area contributed by atoms with E-state index >= 15 is 0 Å². The van der Waals surface area contributed by atoms with Gasteiger partial charge in [0.05, 0.1) is 25.3 Å². The van der Waals surface area contributed by atoms with Gasteiger partial charge in [-0.15, -0.1) is 0 Å². The Balaban J connectivity index is 1.36. The lowest BCUT2D eigenvalue weighted by molar-refractivity contribution is -0.121. The molecule has 0 atom stereocenters. The number of aryl methyl sites for hydroxylation is 1. The molecule has 8 heteroatoms. The molecule has 158 valence electrons. The number of rotatable bonds is 8. The predicted molar refractivity (Wildman–Crippen MR) is 117 cm³/mol. The molecule has 0 bridgehead atoms. The molecular formula is C23H23N5O3. The Hall–Kier alpha value is -3.94. The molecule has 0 aliphatic heterocycles. The molecule has 0 unspecified atom stereocenters. The molecule has 0 aliphatic carbocycles. The lowest BCUT2D eigenvalue weighted by Crippen LogP contribution is -2.29. The number of nitrogens with zero attached hydrogens (tertiary/aromatic N) is 4. The minimum Gasteiger partial charge on any atom is -0.497 e. The third-order valence-corrected chi connectivity index (χ3v) is 5.01. The fraction of sp³-hybridized carbons (Fsp3) is 0.217. The van der Waals surface area contributed by atoms with Crippen LogP contribution in [0.4, 0.5) is 0 Å². The second-order valence-corrected chi connectivity index (χ2v) is 7.07.